The molecule has 0 saturated carbocycles. The third-order valence-corrected chi connectivity index (χ3v) is 3.74. The number of nitrogens with zero attached hydrogens (tertiary/aromatic N) is 2. The standard InChI is InChI=1S/C18H11F2N5O2/c19-12-3-1-9(6-21)16(20)15(12)18(26)25-10-2-4-13(22)11(5-10)17(23)14-7-24-8-27-14/h1-5,7-8,23H,22H2,(H,25,26)/p+1. The average Bonchev–Trinajstić information content (AvgIpc) is 3.17. The number of aromatic nitrogens is 1. The molecule has 2 aromatic carbocycles. The Balaban J connectivity index is 1.93. The van der Waals surface area contributed by atoms with Crippen LogP contribution in [0.4, 0.5) is 20.2 Å². The molecule has 9 heteroatoms. The van der Waals surface area contributed by atoms with Crippen molar-refractivity contribution in [1.82, 2.24) is 4.98 Å². The molecule has 1 aromatic heterocycles. The summed E-state index contributed by atoms with van der Waals surface area (Å²) in [7, 11) is 0. The average molecular weight is 368 g/mol. The molecule has 0 saturated heterocycles. The molecule has 134 valence electrons. The first-order valence-electron chi connectivity index (χ1n) is 7.53. The number of nitrogen functional groups attached to an aromatic ring is 1. The molecule has 3 aromatic rings. The number of nitriles is 1. The summed E-state index contributed by atoms with van der Waals surface area (Å²) >= 11 is 0. The van der Waals surface area contributed by atoms with Gasteiger partial charge in [-0.3, -0.25) is 10.2 Å². The molecule has 0 spiro atoms. The number of carbonyl (C=O) groups is 1. The predicted octanol–water partition coefficient (Wildman–Crippen LogP) is 1.26. The molecule has 1 heterocycles. The maximum Gasteiger partial charge on any atom is 0.261 e. The Hall–Kier alpha value is -4.06. The molecule has 0 radical (unpaired) electrons. The van der Waals surface area contributed by atoms with Crippen molar-refractivity contribution in [3.63, 3.8) is 0 Å². The Labute approximate surface area is 151 Å². The van der Waals surface area contributed by atoms with Gasteiger partial charge in [0.2, 0.25) is 5.76 Å². The summed E-state index contributed by atoms with van der Waals surface area (Å²) in [5.74, 6) is -3.12. The molecule has 3 rings (SSSR count). The molecule has 7 nitrogen and oxygen atoms in total. The molecule has 0 fully saturated rings. The Kier molecular flexibility index (Phi) is 4.64. The fourth-order valence-electron chi connectivity index (χ4n) is 2.39. The first kappa shape index (κ1) is 17.8. The minimum Gasteiger partial charge on any atom is -0.437 e. The number of amides is 1. The molecular formula is C18H12F2N5O2+. The summed E-state index contributed by atoms with van der Waals surface area (Å²) in [6, 6.07) is 7.69. The van der Waals surface area contributed by atoms with E-state index in [-0.39, 0.29) is 17.2 Å². The van der Waals surface area contributed by atoms with Crippen LogP contribution >= 0.6 is 0 Å². The Morgan fingerprint density at radius 3 is 2.74 bits per heavy atom. The van der Waals surface area contributed by atoms with Crippen LogP contribution in [0.2, 0.25) is 0 Å². The van der Waals surface area contributed by atoms with E-state index in [4.69, 9.17) is 20.8 Å². The largest absolute Gasteiger partial charge is 0.437 e. The van der Waals surface area contributed by atoms with Gasteiger partial charge in [0.25, 0.3) is 11.6 Å². The van der Waals surface area contributed by atoms with Crippen LogP contribution < -0.4 is 16.5 Å². The van der Waals surface area contributed by atoms with Crippen LogP contribution in [0, 0.1) is 23.0 Å². The van der Waals surface area contributed by atoms with Crippen molar-refractivity contribution in [2.75, 3.05) is 11.1 Å². The van der Waals surface area contributed by atoms with Crippen molar-refractivity contribution >= 4 is 23.0 Å². The molecule has 0 aliphatic carbocycles. The van der Waals surface area contributed by atoms with Gasteiger partial charge in [0.15, 0.2) is 12.2 Å². The highest BCUT2D eigenvalue weighted by Gasteiger charge is 2.22. The maximum absolute atomic E-state index is 14.2. The molecule has 1 amide bonds. The third-order valence-electron chi connectivity index (χ3n) is 3.74. The van der Waals surface area contributed by atoms with Gasteiger partial charge in [-0.25, -0.2) is 13.8 Å². The number of hydrogen-bond acceptors (Lipinski definition) is 5. The van der Waals surface area contributed by atoms with E-state index in [0.29, 0.717) is 11.3 Å². The number of nitrogens with one attached hydrogen (secondary N) is 1. The van der Waals surface area contributed by atoms with Gasteiger partial charge in [-0.1, -0.05) is 0 Å². The predicted molar refractivity (Wildman–Crippen MR) is 91.5 cm³/mol. The second kappa shape index (κ2) is 7.05. The number of rotatable bonds is 4. The second-order valence-corrected chi connectivity index (χ2v) is 5.43. The van der Waals surface area contributed by atoms with Gasteiger partial charge >= 0.3 is 0 Å². The van der Waals surface area contributed by atoms with Crippen LogP contribution in [-0.4, -0.2) is 16.6 Å². The van der Waals surface area contributed by atoms with Crippen molar-refractivity contribution in [3.05, 3.63) is 77.0 Å². The summed E-state index contributed by atoms with van der Waals surface area (Å²) in [6.07, 6.45) is 2.58. The van der Waals surface area contributed by atoms with E-state index in [1.165, 1.54) is 30.8 Å². The van der Waals surface area contributed by atoms with E-state index in [9.17, 15) is 13.6 Å². The molecule has 0 aliphatic rings. The fraction of sp³-hybridized carbons (Fsp3) is 0. The molecule has 0 unspecified atom stereocenters. The fourth-order valence-corrected chi connectivity index (χ4v) is 2.39. The molecular weight excluding hydrogens is 356 g/mol. The lowest BCUT2D eigenvalue weighted by Gasteiger charge is -2.10. The van der Waals surface area contributed by atoms with E-state index in [2.05, 4.69) is 10.3 Å². The lowest BCUT2D eigenvalue weighted by Crippen LogP contribution is -2.41. The first-order chi connectivity index (χ1) is 12.9. The van der Waals surface area contributed by atoms with Crippen LogP contribution in [0.25, 0.3) is 0 Å². The minimum absolute atomic E-state index is 0.171. The number of hydrogen-bond donors (Lipinski definition) is 3. The van der Waals surface area contributed by atoms with Crippen molar-refractivity contribution in [2.45, 2.75) is 0 Å². The number of halogens is 2. The number of oxazole rings is 1. The Morgan fingerprint density at radius 1 is 1.30 bits per heavy atom. The van der Waals surface area contributed by atoms with Gasteiger partial charge < -0.3 is 15.5 Å². The van der Waals surface area contributed by atoms with Crippen LogP contribution in [0.3, 0.4) is 0 Å². The summed E-state index contributed by atoms with van der Waals surface area (Å²) in [4.78, 5) is 16.1. The van der Waals surface area contributed by atoms with Gasteiger partial charge in [-0.05, 0) is 30.3 Å². The molecule has 0 bridgehead atoms. The van der Waals surface area contributed by atoms with E-state index < -0.39 is 28.7 Å². The number of anilines is 2. The molecule has 5 N–H and O–H groups in total. The first-order valence-corrected chi connectivity index (χ1v) is 7.53. The molecule has 27 heavy (non-hydrogen) atoms. The smallest absolute Gasteiger partial charge is 0.261 e. The summed E-state index contributed by atoms with van der Waals surface area (Å²) < 4.78 is 33.2. The van der Waals surface area contributed by atoms with Gasteiger partial charge in [0, 0.05) is 11.4 Å². The molecule has 0 atom stereocenters. The van der Waals surface area contributed by atoms with Crippen molar-refractivity contribution < 1.29 is 23.4 Å². The van der Waals surface area contributed by atoms with Crippen molar-refractivity contribution in [3.8, 4) is 6.07 Å². The van der Waals surface area contributed by atoms with Gasteiger partial charge in [0.1, 0.15) is 17.4 Å². The summed E-state index contributed by atoms with van der Waals surface area (Å²) in [6.45, 7) is 0. The zero-order chi connectivity index (χ0) is 19.6. The summed E-state index contributed by atoms with van der Waals surface area (Å²) in [5.41, 5.74) is 5.59. The topological polar surface area (TPSA) is 131 Å². The number of carbonyl (C=O) groups excluding carboxylic acids is 1. The van der Waals surface area contributed by atoms with Crippen LogP contribution in [-0.2, 0) is 0 Å². The van der Waals surface area contributed by atoms with Crippen LogP contribution in [0.15, 0.2) is 47.3 Å². The number of benzene rings is 2. The van der Waals surface area contributed by atoms with Crippen LogP contribution in [0.1, 0.15) is 27.2 Å². The van der Waals surface area contributed by atoms with Gasteiger partial charge in [-0.15, -0.1) is 0 Å². The van der Waals surface area contributed by atoms with E-state index in [1.54, 1.807) is 6.07 Å². The lowest BCUT2D eigenvalue weighted by atomic mass is 10.0. The number of nitrogens with two attached hydrogens (primary N) is 2. The highest BCUT2D eigenvalue weighted by atomic mass is 19.1. The normalized spacial score (nSPS) is 10.3. The summed E-state index contributed by atoms with van der Waals surface area (Å²) in [5, 5.41) is 17.2. The third kappa shape index (κ3) is 3.36. The van der Waals surface area contributed by atoms with Gasteiger partial charge in [-0.2, -0.15) is 5.26 Å². The maximum atomic E-state index is 14.2. The van der Waals surface area contributed by atoms with Gasteiger partial charge in [0.05, 0.1) is 17.3 Å². The van der Waals surface area contributed by atoms with Crippen molar-refractivity contribution in [2.24, 2.45) is 0 Å². The van der Waals surface area contributed by atoms with E-state index >= 15 is 0 Å². The lowest BCUT2D eigenvalue weighted by molar-refractivity contribution is -0.112. The Morgan fingerprint density at radius 2 is 2.07 bits per heavy atom. The Bertz CT molecular complexity index is 1090. The van der Waals surface area contributed by atoms with Crippen LogP contribution in [0.5, 0.6) is 0 Å². The monoisotopic (exact) mass is 368 g/mol. The SMILES string of the molecule is N#Cc1ccc(F)c(C(=O)Nc2ccc(N)c(C(=[NH2+])c3cnco3)c2)c1F. The second-order valence-electron chi connectivity index (χ2n) is 5.43. The molecule has 0 aliphatic heterocycles. The quantitative estimate of drug-likeness (QED) is 0.471. The van der Waals surface area contributed by atoms with Crippen molar-refractivity contribution in [1.29, 1.82) is 5.26 Å². The minimum atomic E-state index is -1.24. The highest BCUT2D eigenvalue weighted by molar-refractivity contribution is 6.11. The van der Waals surface area contributed by atoms with E-state index in [0.717, 1.165) is 12.1 Å². The zero-order valence-electron chi connectivity index (χ0n) is 13.7. The highest BCUT2D eigenvalue weighted by Crippen LogP contribution is 2.22. The zero-order valence-corrected chi connectivity index (χ0v) is 13.7. The van der Waals surface area contributed by atoms with E-state index in [1.807, 2.05) is 0 Å².